The molecule has 6 aromatic rings. The van der Waals surface area contributed by atoms with Crippen molar-refractivity contribution in [3.63, 3.8) is 0 Å². The zero-order valence-corrected chi connectivity index (χ0v) is 26.9. The molecule has 3 heterocycles. The molecule has 4 aromatic carbocycles. The number of hydrogen-bond acceptors (Lipinski definition) is 6. The molecule has 7 nitrogen and oxygen atoms in total. The summed E-state index contributed by atoms with van der Waals surface area (Å²) < 4.78 is 2.25. The van der Waals surface area contributed by atoms with Crippen molar-refractivity contribution in [3.8, 4) is 0 Å². The highest BCUT2D eigenvalue weighted by Crippen LogP contribution is 2.31. The second-order valence-corrected chi connectivity index (χ2v) is 13.0. The summed E-state index contributed by atoms with van der Waals surface area (Å²) in [5, 5.41) is 10.8. The van der Waals surface area contributed by atoms with Crippen LogP contribution in [0.15, 0.2) is 114 Å². The van der Waals surface area contributed by atoms with Crippen molar-refractivity contribution in [1.82, 2.24) is 29.5 Å². The molecule has 0 bridgehead atoms. The number of hydrogen-bond donors (Lipinski definition) is 0. The number of thioether (sulfide) groups is 1. The van der Waals surface area contributed by atoms with Crippen LogP contribution in [0.3, 0.4) is 0 Å². The highest BCUT2D eigenvalue weighted by Gasteiger charge is 2.28. The van der Waals surface area contributed by atoms with Gasteiger partial charge in [-0.3, -0.25) is 9.69 Å². The third kappa shape index (κ3) is 6.41. The smallest absolute Gasteiger partial charge is 0.222 e. The third-order valence-corrected chi connectivity index (χ3v) is 9.90. The molecule has 8 heteroatoms. The van der Waals surface area contributed by atoms with E-state index in [1.165, 1.54) is 22.3 Å². The van der Waals surface area contributed by atoms with Crippen molar-refractivity contribution < 1.29 is 4.79 Å². The highest BCUT2D eigenvalue weighted by atomic mass is 32.2. The van der Waals surface area contributed by atoms with E-state index in [2.05, 4.69) is 130 Å². The van der Waals surface area contributed by atoms with Gasteiger partial charge in [0.1, 0.15) is 5.52 Å². The average Bonchev–Trinajstić information content (AvgIpc) is 3.41. The number of para-hydroxylation sites is 1. The van der Waals surface area contributed by atoms with Crippen LogP contribution in [0.25, 0.3) is 22.1 Å². The van der Waals surface area contributed by atoms with Crippen LogP contribution in [0, 0.1) is 6.92 Å². The normalized spacial score (nSPS) is 14.0. The topological polar surface area (TPSA) is 67.2 Å². The number of aryl methyl sites for hydroxylation is 1. The first-order valence-corrected chi connectivity index (χ1v) is 17.0. The van der Waals surface area contributed by atoms with E-state index in [9.17, 15) is 4.79 Å². The predicted molar refractivity (Wildman–Crippen MR) is 186 cm³/mol. The standard InChI is InChI=1S/C38H38N6OS/c1-28-13-8-9-18-31(28)27-44-33-20-11-10-19-32(33)35-37(44)39-38(41-40-35)46-26-12-21-34(45)42-22-24-43(25-23-42)36(29-14-4-2-5-15-29)30-16-6-3-7-17-30/h2-11,13-20,36H,12,21-27H2,1H3. The Morgan fingerprint density at radius 3 is 2.15 bits per heavy atom. The lowest BCUT2D eigenvalue weighted by Gasteiger charge is -2.40. The molecule has 46 heavy (non-hydrogen) atoms. The van der Waals surface area contributed by atoms with Crippen molar-refractivity contribution in [1.29, 1.82) is 0 Å². The van der Waals surface area contributed by atoms with Crippen LogP contribution in [-0.2, 0) is 11.3 Å². The quantitative estimate of drug-likeness (QED) is 0.119. The second kappa shape index (κ2) is 13.8. The summed E-state index contributed by atoms with van der Waals surface area (Å²) in [5.74, 6) is 0.991. The van der Waals surface area contributed by atoms with E-state index in [1.807, 2.05) is 11.0 Å². The Bertz CT molecular complexity index is 1900. The van der Waals surface area contributed by atoms with E-state index in [4.69, 9.17) is 4.98 Å². The van der Waals surface area contributed by atoms with Gasteiger partial charge in [0.05, 0.1) is 11.6 Å². The summed E-state index contributed by atoms with van der Waals surface area (Å²) in [6.45, 7) is 6.06. The summed E-state index contributed by atoms with van der Waals surface area (Å²) >= 11 is 1.57. The maximum Gasteiger partial charge on any atom is 0.222 e. The average molecular weight is 627 g/mol. The van der Waals surface area contributed by atoms with Crippen molar-refractivity contribution in [2.75, 3.05) is 31.9 Å². The minimum Gasteiger partial charge on any atom is -0.340 e. The van der Waals surface area contributed by atoms with Gasteiger partial charge in [-0.1, -0.05) is 115 Å². The van der Waals surface area contributed by atoms with Crippen LogP contribution in [-0.4, -0.2) is 67.4 Å². The van der Waals surface area contributed by atoms with Crippen LogP contribution in [0.5, 0.6) is 0 Å². The maximum absolute atomic E-state index is 13.2. The van der Waals surface area contributed by atoms with Gasteiger partial charge in [-0.2, -0.15) is 0 Å². The monoisotopic (exact) mass is 626 g/mol. The lowest BCUT2D eigenvalue weighted by molar-refractivity contribution is -0.133. The van der Waals surface area contributed by atoms with Gasteiger partial charge < -0.3 is 9.47 Å². The van der Waals surface area contributed by atoms with Crippen molar-refractivity contribution in [2.45, 2.75) is 37.5 Å². The largest absolute Gasteiger partial charge is 0.340 e. The molecule has 0 unspecified atom stereocenters. The first-order chi connectivity index (χ1) is 22.7. The van der Waals surface area contributed by atoms with Crippen molar-refractivity contribution in [3.05, 3.63) is 131 Å². The SMILES string of the molecule is Cc1ccccc1Cn1c2ccccc2c2nnc(SCCCC(=O)N3CCN(C(c4ccccc4)c4ccccc4)CC3)nc21. The molecule has 1 saturated heterocycles. The van der Waals surface area contributed by atoms with Gasteiger partial charge in [-0.25, -0.2) is 4.98 Å². The number of rotatable bonds is 10. The number of carbonyl (C=O) groups is 1. The molecule has 0 saturated carbocycles. The molecule has 0 spiro atoms. The minimum absolute atomic E-state index is 0.192. The molecule has 1 fully saturated rings. The zero-order chi connectivity index (χ0) is 31.3. The van der Waals surface area contributed by atoms with E-state index in [-0.39, 0.29) is 11.9 Å². The van der Waals surface area contributed by atoms with Crippen LogP contribution < -0.4 is 0 Å². The summed E-state index contributed by atoms with van der Waals surface area (Å²) in [6, 6.07) is 38.3. The summed E-state index contributed by atoms with van der Waals surface area (Å²) in [7, 11) is 0. The van der Waals surface area contributed by atoms with Gasteiger partial charge in [0, 0.05) is 50.3 Å². The number of benzene rings is 4. The van der Waals surface area contributed by atoms with Crippen molar-refractivity contribution in [2.24, 2.45) is 0 Å². The first-order valence-electron chi connectivity index (χ1n) is 16.1. The Kier molecular flexibility index (Phi) is 9.08. The number of piperazine rings is 1. The van der Waals surface area contributed by atoms with Crippen LogP contribution in [0.4, 0.5) is 0 Å². The Balaban J connectivity index is 0.965. The van der Waals surface area contributed by atoms with E-state index in [0.29, 0.717) is 11.6 Å². The summed E-state index contributed by atoms with van der Waals surface area (Å²) in [6.07, 6.45) is 1.30. The molecule has 1 aliphatic rings. The van der Waals surface area contributed by atoms with E-state index < -0.39 is 0 Å². The van der Waals surface area contributed by atoms with E-state index >= 15 is 0 Å². The van der Waals surface area contributed by atoms with Gasteiger partial charge in [-0.15, -0.1) is 10.2 Å². The van der Waals surface area contributed by atoms with Crippen LogP contribution in [0.1, 0.15) is 41.1 Å². The maximum atomic E-state index is 13.2. The fourth-order valence-corrected chi connectivity index (χ4v) is 7.25. The number of nitrogens with zero attached hydrogens (tertiary/aromatic N) is 6. The number of carbonyl (C=O) groups excluding carboxylic acids is 1. The molecule has 1 aliphatic heterocycles. The fourth-order valence-electron chi connectivity index (χ4n) is 6.53. The minimum atomic E-state index is 0.192. The number of aromatic nitrogens is 4. The summed E-state index contributed by atoms with van der Waals surface area (Å²) in [4.78, 5) is 22.7. The van der Waals surface area contributed by atoms with Gasteiger partial charge in [0.2, 0.25) is 11.1 Å². The molecule has 7 rings (SSSR count). The van der Waals surface area contributed by atoms with Crippen LogP contribution in [0.2, 0.25) is 0 Å². The third-order valence-electron chi connectivity index (χ3n) is 8.97. The molecule has 1 amide bonds. The van der Waals surface area contributed by atoms with Gasteiger partial charge in [0.25, 0.3) is 0 Å². The lowest BCUT2D eigenvalue weighted by Crippen LogP contribution is -2.49. The molecule has 0 radical (unpaired) electrons. The Morgan fingerprint density at radius 1 is 0.783 bits per heavy atom. The Morgan fingerprint density at radius 2 is 1.43 bits per heavy atom. The molecule has 0 N–H and O–H groups in total. The summed E-state index contributed by atoms with van der Waals surface area (Å²) in [5.41, 5.74) is 7.86. The number of fused-ring (bicyclic) bond motifs is 3. The van der Waals surface area contributed by atoms with Crippen molar-refractivity contribution >= 4 is 39.7 Å². The number of amides is 1. The van der Waals surface area contributed by atoms with E-state index in [1.54, 1.807) is 11.8 Å². The molecule has 0 aliphatic carbocycles. The predicted octanol–water partition coefficient (Wildman–Crippen LogP) is 7.14. The zero-order valence-electron chi connectivity index (χ0n) is 26.1. The second-order valence-electron chi connectivity index (χ2n) is 11.9. The van der Waals surface area contributed by atoms with Crippen LogP contribution >= 0.6 is 11.8 Å². The molecular formula is C38H38N6OS. The van der Waals surface area contributed by atoms with Gasteiger partial charge in [-0.05, 0) is 41.7 Å². The lowest BCUT2D eigenvalue weighted by atomic mass is 9.96. The first kappa shape index (κ1) is 30.1. The molecule has 232 valence electrons. The Labute approximate surface area is 274 Å². The molecular weight excluding hydrogens is 589 g/mol. The fraction of sp³-hybridized carbons (Fsp3) is 0.263. The molecule has 0 atom stereocenters. The van der Waals surface area contributed by atoms with E-state index in [0.717, 1.165) is 67.0 Å². The molecule has 2 aromatic heterocycles. The van der Waals surface area contributed by atoms with Gasteiger partial charge >= 0.3 is 0 Å². The van der Waals surface area contributed by atoms with Gasteiger partial charge in [0.15, 0.2) is 5.65 Å². The highest BCUT2D eigenvalue weighted by molar-refractivity contribution is 7.99. The Hall–Kier alpha value is -4.53.